The van der Waals surface area contributed by atoms with Gasteiger partial charge < -0.3 is 9.47 Å². The third-order valence-electron chi connectivity index (χ3n) is 14.8. The summed E-state index contributed by atoms with van der Waals surface area (Å²) in [6.07, 6.45) is 0. The molecule has 0 saturated carbocycles. The van der Waals surface area contributed by atoms with E-state index in [1.54, 1.807) is 0 Å². The van der Waals surface area contributed by atoms with Crippen molar-refractivity contribution >= 4 is 38.9 Å². The molecule has 1 heterocycles. The molecule has 69 heavy (non-hydrogen) atoms. The molecule has 1 spiro atoms. The summed E-state index contributed by atoms with van der Waals surface area (Å²) < 4.78 is 2.47. The average Bonchev–Trinajstić information content (AvgIpc) is 4.03. The fourth-order valence-corrected chi connectivity index (χ4v) is 12.1. The number of fused-ring (bicyclic) bond motifs is 13. The summed E-state index contributed by atoms with van der Waals surface area (Å²) in [6.45, 7) is 0. The summed E-state index contributed by atoms with van der Waals surface area (Å²) in [5.41, 5.74) is 23.7. The van der Waals surface area contributed by atoms with Crippen LogP contribution in [-0.4, -0.2) is 4.57 Å². The normalized spacial score (nSPS) is 12.8. The molecule has 2 heteroatoms. The monoisotopic (exact) mass is 876 g/mol. The summed E-state index contributed by atoms with van der Waals surface area (Å²) in [5, 5.41) is 2.46. The number of aromatic nitrogens is 1. The number of nitrogens with zero attached hydrogens (tertiary/aromatic N) is 2. The van der Waals surface area contributed by atoms with Crippen molar-refractivity contribution in [2.45, 2.75) is 5.41 Å². The molecule has 0 atom stereocenters. The van der Waals surface area contributed by atoms with Crippen molar-refractivity contribution in [1.82, 2.24) is 4.57 Å². The third kappa shape index (κ3) is 5.73. The van der Waals surface area contributed by atoms with E-state index in [4.69, 9.17) is 0 Å². The summed E-state index contributed by atoms with van der Waals surface area (Å²) in [4.78, 5) is 2.55. The van der Waals surface area contributed by atoms with Crippen LogP contribution in [0.5, 0.6) is 0 Å². The van der Waals surface area contributed by atoms with Gasteiger partial charge in [0.1, 0.15) is 0 Å². The highest BCUT2D eigenvalue weighted by Gasteiger charge is 2.51. The van der Waals surface area contributed by atoms with E-state index in [-0.39, 0.29) is 0 Å². The quantitative estimate of drug-likeness (QED) is 0.155. The van der Waals surface area contributed by atoms with E-state index in [1.807, 2.05) is 0 Å². The number of anilines is 3. The van der Waals surface area contributed by atoms with E-state index in [1.165, 1.54) is 88.6 Å². The maximum Gasteiger partial charge on any atom is 0.0725 e. The summed E-state index contributed by atoms with van der Waals surface area (Å²) in [7, 11) is 0. The molecule has 0 N–H and O–H groups in total. The lowest BCUT2D eigenvalue weighted by Gasteiger charge is -2.33. The minimum Gasteiger partial charge on any atom is -0.308 e. The first-order valence-electron chi connectivity index (χ1n) is 23.9. The second-order valence-electron chi connectivity index (χ2n) is 18.3. The second-order valence-corrected chi connectivity index (χ2v) is 18.3. The summed E-state index contributed by atoms with van der Waals surface area (Å²) in [6, 6.07) is 98.7. The van der Waals surface area contributed by atoms with E-state index in [0.717, 1.165) is 33.9 Å². The van der Waals surface area contributed by atoms with Gasteiger partial charge in [0.2, 0.25) is 0 Å². The smallest absolute Gasteiger partial charge is 0.0725 e. The minimum absolute atomic E-state index is 0.448. The van der Waals surface area contributed by atoms with Gasteiger partial charge >= 0.3 is 0 Å². The molecule has 0 amide bonds. The number of hydrogen-bond donors (Lipinski definition) is 0. The molecular formula is C67H44N2. The zero-order chi connectivity index (χ0) is 45.5. The van der Waals surface area contributed by atoms with Gasteiger partial charge in [-0.3, -0.25) is 0 Å². The van der Waals surface area contributed by atoms with Gasteiger partial charge in [-0.1, -0.05) is 224 Å². The first-order valence-corrected chi connectivity index (χ1v) is 23.9. The van der Waals surface area contributed by atoms with Crippen LogP contribution in [0.2, 0.25) is 0 Å². The molecule has 0 fully saturated rings. The molecule has 0 saturated heterocycles. The van der Waals surface area contributed by atoms with Crippen LogP contribution in [0.15, 0.2) is 267 Å². The molecule has 0 bridgehead atoms. The maximum absolute atomic E-state index is 2.55. The Hall–Kier alpha value is -8.98. The van der Waals surface area contributed by atoms with Gasteiger partial charge in [0.15, 0.2) is 0 Å². The predicted molar refractivity (Wildman–Crippen MR) is 288 cm³/mol. The molecule has 11 aromatic carbocycles. The number of para-hydroxylation sites is 4. The molecule has 2 aliphatic carbocycles. The molecule has 14 rings (SSSR count). The van der Waals surface area contributed by atoms with E-state index >= 15 is 0 Å². The Morgan fingerprint density at radius 3 is 1.35 bits per heavy atom. The van der Waals surface area contributed by atoms with E-state index < -0.39 is 5.41 Å². The van der Waals surface area contributed by atoms with Crippen LogP contribution < -0.4 is 4.90 Å². The van der Waals surface area contributed by atoms with Crippen LogP contribution in [-0.2, 0) is 5.41 Å². The Bertz CT molecular complexity index is 3870. The maximum atomic E-state index is 2.55. The zero-order valence-corrected chi connectivity index (χ0v) is 37.8. The predicted octanol–water partition coefficient (Wildman–Crippen LogP) is 17.6. The van der Waals surface area contributed by atoms with Crippen LogP contribution >= 0.6 is 0 Å². The van der Waals surface area contributed by atoms with Gasteiger partial charge in [-0.2, -0.15) is 0 Å². The van der Waals surface area contributed by atoms with E-state index in [9.17, 15) is 0 Å². The van der Waals surface area contributed by atoms with Gasteiger partial charge in [-0.15, -0.1) is 0 Å². The van der Waals surface area contributed by atoms with Gasteiger partial charge in [-0.05, 0) is 115 Å². The second kappa shape index (κ2) is 15.6. The summed E-state index contributed by atoms with van der Waals surface area (Å²) >= 11 is 0. The van der Waals surface area contributed by atoms with Crippen molar-refractivity contribution in [1.29, 1.82) is 0 Å². The van der Waals surface area contributed by atoms with Gasteiger partial charge in [0.25, 0.3) is 0 Å². The average molecular weight is 877 g/mol. The van der Waals surface area contributed by atoms with Crippen LogP contribution in [0.4, 0.5) is 17.1 Å². The fraction of sp³-hybridized carbons (Fsp3) is 0.0149. The SMILES string of the molecule is c1ccc(-c2ccccc2-c2c(-c3ccccc3)cccc2N(c2ccc3c(c2)-c2ccccc2C32c3ccccc3-c3ccccc32)c2ccccc2-n2c3ccccc3c3ccccc32)cc1. The molecule has 1 aromatic heterocycles. The molecule has 0 aliphatic heterocycles. The van der Waals surface area contributed by atoms with Crippen molar-refractivity contribution in [3.63, 3.8) is 0 Å². The molecule has 0 unspecified atom stereocenters. The topological polar surface area (TPSA) is 8.17 Å². The van der Waals surface area contributed by atoms with Crippen LogP contribution in [0, 0.1) is 0 Å². The largest absolute Gasteiger partial charge is 0.308 e. The lowest BCUT2D eigenvalue weighted by atomic mass is 9.70. The lowest BCUT2D eigenvalue weighted by molar-refractivity contribution is 0.794. The molecular weight excluding hydrogens is 833 g/mol. The van der Waals surface area contributed by atoms with Crippen LogP contribution in [0.3, 0.4) is 0 Å². The Kier molecular flexibility index (Phi) is 8.84. The first-order chi connectivity index (χ1) is 34.3. The number of hydrogen-bond acceptors (Lipinski definition) is 1. The minimum atomic E-state index is -0.448. The first kappa shape index (κ1) is 39.2. The van der Waals surface area contributed by atoms with Crippen molar-refractivity contribution in [2.24, 2.45) is 0 Å². The van der Waals surface area contributed by atoms with E-state index in [2.05, 4.69) is 276 Å². The van der Waals surface area contributed by atoms with E-state index in [0.29, 0.717) is 0 Å². The van der Waals surface area contributed by atoms with Crippen molar-refractivity contribution in [3.8, 4) is 61.3 Å². The lowest BCUT2D eigenvalue weighted by Crippen LogP contribution is -2.25. The molecule has 322 valence electrons. The Morgan fingerprint density at radius 1 is 0.290 bits per heavy atom. The van der Waals surface area contributed by atoms with Crippen molar-refractivity contribution < 1.29 is 0 Å². The molecule has 2 aliphatic rings. The molecule has 12 aromatic rings. The summed E-state index contributed by atoms with van der Waals surface area (Å²) in [5.74, 6) is 0. The zero-order valence-electron chi connectivity index (χ0n) is 37.8. The van der Waals surface area contributed by atoms with Crippen molar-refractivity contribution in [2.75, 3.05) is 4.90 Å². The molecule has 0 radical (unpaired) electrons. The fourth-order valence-electron chi connectivity index (χ4n) is 12.1. The Labute approximate surface area is 402 Å². The number of benzene rings is 11. The van der Waals surface area contributed by atoms with Crippen molar-refractivity contribution in [3.05, 3.63) is 289 Å². The Morgan fingerprint density at radius 2 is 0.725 bits per heavy atom. The van der Waals surface area contributed by atoms with Gasteiger partial charge in [0, 0.05) is 22.0 Å². The Balaban J connectivity index is 1.10. The highest BCUT2D eigenvalue weighted by atomic mass is 15.2. The van der Waals surface area contributed by atoms with Crippen LogP contribution in [0.1, 0.15) is 22.3 Å². The highest BCUT2D eigenvalue weighted by molar-refractivity contribution is 6.10. The van der Waals surface area contributed by atoms with Gasteiger partial charge in [0.05, 0.1) is 33.5 Å². The highest BCUT2D eigenvalue weighted by Crippen LogP contribution is 2.63. The van der Waals surface area contributed by atoms with Gasteiger partial charge in [-0.25, -0.2) is 0 Å². The standard InChI is InChI=1S/C67H44N2/c1-3-22-45(23-4-1)48-26-7-8-32-55(48)66-49(46-24-5-2-6-25-46)33-21-41-65(66)68(63-39-19-20-40-64(63)69-61-37-17-12-30-53(61)54-31-13-18-38-62(54)69)47-42-43-60-56(44-47)52-29-11-16-36-59(52)67(60)57-34-14-9-27-50(57)51-28-10-15-35-58(51)67/h1-44H. The number of rotatable bonds is 7. The van der Waals surface area contributed by atoms with Crippen LogP contribution in [0.25, 0.3) is 83.1 Å². The third-order valence-corrected chi connectivity index (χ3v) is 14.8. The molecule has 2 nitrogen and oxygen atoms in total.